The van der Waals surface area contributed by atoms with E-state index in [2.05, 4.69) is 15.0 Å². The first-order valence-electron chi connectivity index (χ1n) is 7.84. The maximum absolute atomic E-state index is 13.3. The topological polar surface area (TPSA) is 83.2 Å². The number of methoxy groups -OCH3 is 2. The summed E-state index contributed by atoms with van der Waals surface area (Å²) in [6.45, 7) is 0. The molecule has 2 N–H and O–H groups in total. The zero-order valence-electron chi connectivity index (χ0n) is 14.2. The predicted molar refractivity (Wildman–Crippen MR) is 97.7 cm³/mol. The van der Waals surface area contributed by atoms with E-state index in [0.717, 1.165) is 5.39 Å². The summed E-state index contributed by atoms with van der Waals surface area (Å²) < 4.78 is 23.9. The van der Waals surface area contributed by atoms with E-state index in [1.54, 1.807) is 38.6 Å². The maximum Gasteiger partial charge on any atom is 0.163 e. The average molecular weight is 350 g/mol. The van der Waals surface area contributed by atoms with Gasteiger partial charge in [0, 0.05) is 34.7 Å². The molecule has 4 rings (SSSR count). The van der Waals surface area contributed by atoms with E-state index in [1.165, 1.54) is 12.1 Å². The summed E-state index contributed by atoms with van der Waals surface area (Å²) in [5, 5.41) is 1.46. The Bertz CT molecular complexity index is 1150. The quantitative estimate of drug-likeness (QED) is 0.608. The molecular weight excluding hydrogens is 335 g/mol. The zero-order chi connectivity index (χ0) is 18.3. The van der Waals surface area contributed by atoms with Crippen LogP contribution < -0.4 is 15.2 Å². The molecule has 2 aromatic carbocycles. The minimum absolute atomic E-state index is 0.324. The van der Waals surface area contributed by atoms with E-state index >= 15 is 0 Å². The number of benzene rings is 2. The Morgan fingerprint density at radius 1 is 0.923 bits per heavy atom. The van der Waals surface area contributed by atoms with Gasteiger partial charge in [-0.25, -0.2) is 14.4 Å². The smallest absolute Gasteiger partial charge is 0.163 e. The van der Waals surface area contributed by atoms with Crippen molar-refractivity contribution in [1.29, 1.82) is 0 Å². The van der Waals surface area contributed by atoms with Crippen LogP contribution in [0, 0.1) is 5.82 Å². The molecule has 130 valence electrons. The highest BCUT2D eigenvalue weighted by Crippen LogP contribution is 2.34. The zero-order valence-corrected chi connectivity index (χ0v) is 14.2. The molecule has 0 fully saturated rings. The van der Waals surface area contributed by atoms with Crippen LogP contribution in [-0.2, 0) is 0 Å². The lowest BCUT2D eigenvalue weighted by Crippen LogP contribution is -2.00. The Morgan fingerprint density at radius 2 is 1.69 bits per heavy atom. The fourth-order valence-electron chi connectivity index (χ4n) is 2.83. The van der Waals surface area contributed by atoms with Gasteiger partial charge in [-0.1, -0.05) is 0 Å². The van der Waals surface area contributed by atoms with Gasteiger partial charge >= 0.3 is 0 Å². The van der Waals surface area contributed by atoms with Crippen LogP contribution in [-0.4, -0.2) is 29.2 Å². The van der Waals surface area contributed by atoms with Gasteiger partial charge in [0.15, 0.2) is 17.3 Å². The summed E-state index contributed by atoms with van der Waals surface area (Å²) in [6.07, 6.45) is 1.60. The van der Waals surface area contributed by atoms with Gasteiger partial charge in [0.2, 0.25) is 0 Å². The van der Waals surface area contributed by atoms with Gasteiger partial charge in [0.1, 0.15) is 11.6 Å². The lowest BCUT2D eigenvalue weighted by atomic mass is 10.1. The molecule has 0 aliphatic rings. The Kier molecular flexibility index (Phi) is 3.76. The van der Waals surface area contributed by atoms with Gasteiger partial charge in [0.05, 0.1) is 25.3 Å². The van der Waals surface area contributed by atoms with E-state index in [9.17, 15) is 4.39 Å². The summed E-state index contributed by atoms with van der Waals surface area (Å²) in [5.41, 5.74) is 8.00. The van der Waals surface area contributed by atoms with Crippen molar-refractivity contribution in [1.82, 2.24) is 15.0 Å². The van der Waals surface area contributed by atoms with Crippen LogP contribution in [0.4, 0.5) is 10.2 Å². The summed E-state index contributed by atoms with van der Waals surface area (Å²) in [4.78, 5) is 13.2. The van der Waals surface area contributed by atoms with Crippen molar-refractivity contribution in [3.8, 4) is 22.9 Å². The van der Waals surface area contributed by atoms with Gasteiger partial charge < -0.3 is 15.2 Å². The number of fused-ring (bicyclic) bond motifs is 2. The van der Waals surface area contributed by atoms with Gasteiger partial charge in [0.25, 0.3) is 0 Å². The molecule has 0 saturated carbocycles. The average Bonchev–Trinajstić information content (AvgIpc) is 2.66. The molecule has 0 unspecified atom stereocenters. The molecule has 0 aliphatic heterocycles. The second-order valence-electron chi connectivity index (χ2n) is 5.72. The molecule has 0 bridgehead atoms. The number of nitrogens with two attached hydrogens (primary N) is 1. The lowest BCUT2D eigenvalue weighted by molar-refractivity contribution is 0.356. The number of nitrogen functional groups attached to an aromatic ring is 1. The second-order valence-corrected chi connectivity index (χ2v) is 5.72. The number of nitrogens with zero attached hydrogens (tertiary/aromatic N) is 3. The van der Waals surface area contributed by atoms with Crippen molar-refractivity contribution < 1.29 is 13.9 Å². The van der Waals surface area contributed by atoms with Crippen LogP contribution in [0.15, 0.2) is 42.6 Å². The van der Waals surface area contributed by atoms with Gasteiger partial charge in [-0.2, -0.15) is 0 Å². The normalized spacial score (nSPS) is 11.0. The van der Waals surface area contributed by atoms with E-state index in [0.29, 0.717) is 45.1 Å². The van der Waals surface area contributed by atoms with E-state index in [-0.39, 0.29) is 5.82 Å². The fourth-order valence-corrected chi connectivity index (χ4v) is 2.83. The first kappa shape index (κ1) is 16.0. The predicted octanol–water partition coefficient (Wildman–Crippen LogP) is 3.58. The van der Waals surface area contributed by atoms with Crippen LogP contribution in [0.25, 0.3) is 33.2 Å². The third-order valence-electron chi connectivity index (χ3n) is 4.13. The van der Waals surface area contributed by atoms with Crippen molar-refractivity contribution in [2.45, 2.75) is 0 Å². The van der Waals surface area contributed by atoms with Crippen molar-refractivity contribution in [2.24, 2.45) is 0 Å². The van der Waals surface area contributed by atoms with Crippen LogP contribution >= 0.6 is 0 Å². The molecule has 2 heterocycles. The van der Waals surface area contributed by atoms with Crippen molar-refractivity contribution >= 4 is 27.6 Å². The number of ether oxygens (including phenoxy) is 2. The van der Waals surface area contributed by atoms with E-state index < -0.39 is 0 Å². The molecule has 26 heavy (non-hydrogen) atoms. The fraction of sp³-hybridized carbons (Fsp3) is 0.105. The number of rotatable bonds is 3. The number of pyridine rings is 1. The van der Waals surface area contributed by atoms with Crippen LogP contribution in [0.2, 0.25) is 0 Å². The Labute approximate surface area is 148 Å². The molecule has 4 aromatic rings. The van der Waals surface area contributed by atoms with Crippen molar-refractivity contribution in [3.05, 3.63) is 48.4 Å². The summed E-state index contributed by atoms with van der Waals surface area (Å²) in [7, 11) is 3.11. The molecule has 0 spiro atoms. The second kappa shape index (κ2) is 6.11. The molecule has 0 atom stereocenters. The molecule has 6 nitrogen and oxygen atoms in total. The number of hydrogen-bond acceptors (Lipinski definition) is 6. The Balaban J connectivity index is 1.90. The molecule has 2 aromatic heterocycles. The largest absolute Gasteiger partial charge is 0.493 e. The van der Waals surface area contributed by atoms with Gasteiger partial charge in [-0.3, -0.25) is 4.98 Å². The molecule has 0 aliphatic carbocycles. The maximum atomic E-state index is 13.3. The minimum atomic E-state index is -0.329. The van der Waals surface area contributed by atoms with Crippen LogP contribution in [0.3, 0.4) is 0 Å². The SMILES string of the molecule is COc1cc2nc(-c3cnc4cc(F)ccc4c3)nc(N)c2cc1OC. The highest BCUT2D eigenvalue weighted by molar-refractivity contribution is 5.92. The van der Waals surface area contributed by atoms with Gasteiger partial charge in [-0.05, 0) is 24.3 Å². The Hall–Kier alpha value is -3.48. The van der Waals surface area contributed by atoms with Crippen LogP contribution in [0.1, 0.15) is 0 Å². The highest BCUT2D eigenvalue weighted by atomic mass is 19.1. The molecular formula is C19H15FN4O2. The lowest BCUT2D eigenvalue weighted by Gasteiger charge is -2.11. The highest BCUT2D eigenvalue weighted by Gasteiger charge is 2.13. The summed E-state index contributed by atoms with van der Waals surface area (Å²) in [5.74, 6) is 1.53. The third kappa shape index (κ3) is 2.63. The van der Waals surface area contributed by atoms with E-state index in [4.69, 9.17) is 15.2 Å². The third-order valence-corrected chi connectivity index (χ3v) is 4.13. The first-order valence-corrected chi connectivity index (χ1v) is 7.84. The van der Waals surface area contributed by atoms with Crippen molar-refractivity contribution in [3.63, 3.8) is 0 Å². The van der Waals surface area contributed by atoms with Crippen molar-refractivity contribution in [2.75, 3.05) is 20.0 Å². The molecule has 0 saturated heterocycles. The monoisotopic (exact) mass is 350 g/mol. The van der Waals surface area contributed by atoms with Gasteiger partial charge in [-0.15, -0.1) is 0 Å². The summed E-state index contributed by atoms with van der Waals surface area (Å²) >= 11 is 0. The van der Waals surface area contributed by atoms with E-state index in [1.807, 2.05) is 6.07 Å². The first-order chi connectivity index (χ1) is 12.6. The molecule has 0 radical (unpaired) electrons. The number of aromatic nitrogens is 3. The molecule has 0 amide bonds. The van der Waals surface area contributed by atoms with Crippen LogP contribution in [0.5, 0.6) is 11.5 Å². The number of anilines is 1. The number of halogens is 1. The summed E-state index contributed by atoms with van der Waals surface area (Å²) in [6, 6.07) is 9.78. The Morgan fingerprint density at radius 3 is 2.46 bits per heavy atom. The minimum Gasteiger partial charge on any atom is -0.493 e. The standard InChI is InChI=1S/C19H15FN4O2/c1-25-16-7-13-15(8-17(16)26-2)23-19(24-18(13)21)11-5-10-3-4-12(20)6-14(10)22-9-11/h3-9H,1-2H3,(H2,21,23,24). The number of hydrogen-bond donors (Lipinski definition) is 1. The molecule has 7 heteroatoms.